The van der Waals surface area contributed by atoms with Gasteiger partial charge in [0.05, 0.1) is 17.2 Å². The van der Waals surface area contributed by atoms with Crippen LogP contribution in [0.5, 0.6) is 0 Å². The lowest BCUT2D eigenvalue weighted by atomic mass is 10.3. The highest BCUT2D eigenvalue weighted by atomic mass is 19.4. The summed E-state index contributed by atoms with van der Waals surface area (Å²) in [6.45, 7) is 2.50. The average molecular weight is 400 g/mol. The topological polar surface area (TPSA) is 75.3 Å². The average Bonchev–Trinajstić information content (AvgIpc) is 3.17. The zero-order valence-electron chi connectivity index (χ0n) is 15.1. The summed E-state index contributed by atoms with van der Waals surface area (Å²) >= 11 is 0. The molecule has 0 bridgehead atoms. The molecule has 0 radical (unpaired) electrons. The predicted octanol–water partition coefficient (Wildman–Crippen LogP) is 2.41. The molecule has 0 N–H and O–H groups in total. The number of rotatable bonds is 2. The van der Waals surface area contributed by atoms with Crippen LogP contribution >= 0.6 is 0 Å². The summed E-state index contributed by atoms with van der Waals surface area (Å²) in [5.41, 5.74) is 1.72. The Kier molecular flexibility index (Phi) is 3.96. The number of nitrogens with zero attached hydrogens (tertiary/aromatic N) is 8. The molecule has 3 aromatic heterocycles. The first-order valence-electron chi connectivity index (χ1n) is 9.00. The van der Waals surface area contributed by atoms with Gasteiger partial charge >= 0.3 is 6.18 Å². The Morgan fingerprint density at radius 1 is 0.793 bits per heavy atom. The fourth-order valence-corrected chi connectivity index (χ4v) is 3.39. The Balaban J connectivity index is 1.36. The van der Waals surface area contributed by atoms with Crippen LogP contribution in [0.25, 0.3) is 16.7 Å². The molecule has 8 nitrogen and oxygen atoms in total. The van der Waals surface area contributed by atoms with Crippen molar-refractivity contribution in [1.82, 2.24) is 29.8 Å². The molecule has 1 fully saturated rings. The molecule has 0 unspecified atom stereocenters. The van der Waals surface area contributed by atoms with Crippen molar-refractivity contribution in [1.29, 1.82) is 0 Å². The highest BCUT2D eigenvalue weighted by Crippen LogP contribution is 2.28. The summed E-state index contributed by atoms with van der Waals surface area (Å²) in [4.78, 5) is 13.1. The number of anilines is 2. The molecule has 1 aliphatic heterocycles. The van der Waals surface area contributed by atoms with E-state index in [1.165, 1.54) is 6.07 Å². The van der Waals surface area contributed by atoms with Gasteiger partial charge in [-0.2, -0.15) is 17.7 Å². The Morgan fingerprint density at radius 2 is 1.48 bits per heavy atom. The van der Waals surface area contributed by atoms with Gasteiger partial charge in [0.2, 0.25) is 0 Å². The smallest absolute Gasteiger partial charge is 0.352 e. The number of piperazine rings is 1. The second kappa shape index (κ2) is 6.54. The van der Waals surface area contributed by atoms with E-state index in [0.29, 0.717) is 32.0 Å². The standard InChI is InChI=1S/C18H15F3N8/c19-18(20,21)17-25-24-14-5-6-15(26-29(14)17)27-7-9-28(10-8-27)16-11-22-12-3-1-2-4-13(12)23-16/h1-6,11H,7-10H2. The zero-order chi connectivity index (χ0) is 20.0. The molecular formula is C18H15F3N8. The van der Waals surface area contributed by atoms with E-state index in [1.54, 1.807) is 12.3 Å². The molecule has 1 saturated heterocycles. The molecule has 29 heavy (non-hydrogen) atoms. The van der Waals surface area contributed by atoms with Gasteiger partial charge in [-0.05, 0) is 24.3 Å². The van der Waals surface area contributed by atoms with E-state index in [-0.39, 0.29) is 5.65 Å². The largest absolute Gasteiger partial charge is 0.453 e. The number of fused-ring (bicyclic) bond motifs is 2. The van der Waals surface area contributed by atoms with Gasteiger partial charge in [0.1, 0.15) is 11.6 Å². The first-order chi connectivity index (χ1) is 14.0. The molecule has 0 saturated carbocycles. The molecule has 1 aliphatic rings. The highest BCUT2D eigenvalue weighted by molar-refractivity contribution is 5.75. The summed E-state index contributed by atoms with van der Waals surface area (Å²) in [7, 11) is 0. The van der Waals surface area contributed by atoms with Gasteiger partial charge in [-0.1, -0.05) is 12.1 Å². The summed E-state index contributed by atoms with van der Waals surface area (Å²) < 4.78 is 40.0. The van der Waals surface area contributed by atoms with E-state index in [4.69, 9.17) is 0 Å². The number of alkyl halides is 3. The second-order valence-electron chi connectivity index (χ2n) is 6.67. The molecule has 1 aromatic carbocycles. The van der Waals surface area contributed by atoms with Crippen LogP contribution in [-0.4, -0.2) is 56.0 Å². The molecule has 11 heteroatoms. The van der Waals surface area contributed by atoms with Gasteiger partial charge < -0.3 is 9.80 Å². The van der Waals surface area contributed by atoms with Gasteiger partial charge in [-0.3, -0.25) is 4.98 Å². The van der Waals surface area contributed by atoms with Crippen molar-refractivity contribution in [2.24, 2.45) is 0 Å². The predicted molar refractivity (Wildman–Crippen MR) is 99.7 cm³/mol. The van der Waals surface area contributed by atoms with Crippen LogP contribution in [0.2, 0.25) is 0 Å². The Morgan fingerprint density at radius 3 is 2.21 bits per heavy atom. The van der Waals surface area contributed by atoms with Crippen LogP contribution in [0, 0.1) is 0 Å². The normalized spacial score (nSPS) is 15.4. The van der Waals surface area contributed by atoms with E-state index in [2.05, 4.69) is 30.2 Å². The fourth-order valence-electron chi connectivity index (χ4n) is 3.39. The molecule has 148 valence electrons. The summed E-state index contributed by atoms with van der Waals surface area (Å²) in [5, 5.41) is 10.9. The Hall–Kier alpha value is -3.50. The number of halogens is 3. The molecule has 4 aromatic rings. The van der Waals surface area contributed by atoms with Gasteiger partial charge in [-0.25, -0.2) is 4.98 Å². The minimum Gasteiger partial charge on any atom is -0.352 e. The third kappa shape index (κ3) is 3.18. The van der Waals surface area contributed by atoms with Gasteiger partial charge in [0, 0.05) is 26.2 Å². The van der Waals surface area contributed by atoms with E-state index in [0.717, 1.165) is 21.4 Å². The monoisotopic (exact) mass is 400 g/mol. The van der Waals surface area contributed by atoms with Gasteiger partial charge in [0.15, 0.2) is 5.65 Å². The number of benzene rings is 1. The number of hydrogen-bond donors (Lipinski definition) is 0. The summed E-state index contributed by atoms with van der Waals surface area (Å²) in [5.74, 6) is 0.108. The summed E-state index contributed by atoms with van der Waals surface area (Å²) in [6, 6.07) is 10.8. The third-order valence-corrected chi connectivity index (χ3v) is 4.87. The number of hydrogen-bond acceptors (Lipinski definition) is 7. The van der Waals surface area contributed by atoms with Crippen molar-refractivity contribution in [3.63, 3.8) is 0 Å². The van der Waals surface area contributed by atoms with Crippen molar-refractivity contribution < 1.29 is 13.2 Å². The van der Waals surface area contributed by atoms with Crippen LogP contribution in [0.15, 0.2) is 42.6 Å². The molecule has 5 rings (SSSR count). The lowest BCUT2D eigenvalue weighted by molar-refractivity contribution is -0.146. The van der Waals surface area contributed by atoms with Crippen molar-refractivity contribution in [3.8, 4) is 0 Å². The summed E-state index contributed by atoms with van der Waals surface area (Å²) in [6.07, 6.45) is -2.87. The molecule has 0 amide bonds. The van der Waals surface area contributed by atoms with Crippen molar-refractivity contribution in [2.45, 2.75) is 6.18 Å². The third-order valence-electron chi connectivity index (χ3n) is 4.87. The molecule has 4 heterocycles. The molecule has 0 spiro atoms. The Labute approximate surface area is 162 Å². The number of para-hydroxylation sites is 2. The van der Waals surface area contributed by atoms with Crippen molar-refractivity contribution in [2.75, 3.05) is 36.0 Å². The van der Waals surface area contributed by atoms with E-state index in [1.807, 2.05) is 29.2 Å². The molecule has 0 atom stereocenters. The lowest BCUT2D eigenvalue weighted by Gasteiger charge is -2.35. The SMILES string of the molecule is FC(F)(F)c1nnc2ccc(N3CCN(c4cnc5ccccc5n4)CC3)nn12. The van der Waals surface area contributed by atoms with Crippen molar-refractivity contribution in [3.05, 3.63) is 48.4 Å². The van der Waals surface area contributed by atoms with Crippen LogP contribution in [-0.2, 0) is 6.18 Å². The first-order valence-corrected chi connectivity index (χ1v) is 9.00. The van der Waals surface area contributed by atoms with E-state index < -0.39 is 12.0 Å². The second-order valence-corrected chi connectivity index (χ2v) is 6.67. The van der Waals surface area contributed by atoms with Gasteiger partial charge in [-0.15, -0.1) is 15.3 Å². The minimum atomic E-state index is -4.61. The van der Waals surface area contributed by atoms with Crippen LogP contribution in [0.4, 0.5) is 24.8 Å². The minimum absolute atomic E-state index is 0.0612. The Bertz CT molecular complexity index is 1180. The highest BCUT2D eigenvalue weighted by Gasteiger charge is 2.37. The maximum absolute atomic E-state index is 13.1. The van der Waals surface area contributed by atoms with Crippen molar-refractivity contribution >= 4 is 28.3 Å². The van der Waals surface area contributed by atoms with Crippen LogP contribution in [0.1, 0.15) is 5.82 Å². The first kappa shape index (κ1) is 17.6. The fraction of sp³-hybridized carbons (Fsp3) is 0.278. The molecular weight excluding hydrogens is 385 g/mol. The van der Waals surface area contributed by atoms with Crippen LogP contribution < -0.4 is 9.80 Å². The van der Waals surface area contributed by atoms with E-state index in [9.17, 15) is 13.2 Å². The lowest BCUT2D eigenvalue weighted by Crippen LogP contribution is -2.47. The maximum Gasteiger partial charge on any atom is 0.453 e. The van der Waals surface area contributed by atoms with Gasteiger partial charge in [0.25, 0.3) is 5.82 Å². The van der Waals surface area contributed by atoms with Crippen LogP contribution in [0.3, 0.4) is 0 Å². The zero-order valence-corrected chi connectivity index (χ0v) is 15.1. The quantitative estimate of drug-likeness (QED) is 0.512. The number of aromatic nitrogens is 6. The van der Waals surface area contributed by atoms with E-state index >= 15 is 0 Å². The maximum atomic E-state index is 13.1. The molecule has 0 aliphatic carbocycles.